The highest BCUT2D eigenvalue weighted by molar-refractivity contribution is 7.80. The Morgan fingerprint density at radius 2 is 1.95 bits per heavy atom. The highest BCUT2D eigenvalue weighted by Gasteiger charge is 2.32. The third-order valence-electron chi connectivity index (χ3n) is 4.05. The van der Waals surface area contributed by atoms with Crippen molar-refractivity contribution in [2.75, 3.05) is 6.54 Å². The van der Waals surface area contributed by atoms with E-state index < -0.39 is 5.60 Å². The van der Waals surface area contributed by atoms with E-state index in [4.69, 9.17) is 22.7 Å². The minimum atomic E-state index is -0.619. The van der Waals surface area contributed by atoms with Gasteiger partial charge in [-0.15, -0.1) is 0 Å². The Bertz CT molecular complexity index is 773. The van der Waals surface area contributed by atoms with Gasteiger partial charge in [-0.1, -0.05) is 66.8 Å². The molecule has 0 amide bonds. The average Bonchev–Trinajstić information content (AvgIpc) is 2.55. The van der Waals surface area contributed by atoms with Crippen LogP contribution in [-0.4, -0.2) is 17.0 Å². The van der Waals surface area contributed by atoms with Gasteiger partial charge in [-0.05, 0) is 18.4 Å². The van der Waals surface area contributed by atoms with Gasteiger partial charge in [0.15, 0.2) is 0 Å². The fraction of sp³-hybridized carbons (Fsp3) is 0.211. The molecule has 22 heavy (non-hydrogen) atoms. The van der Waals surface area contributed by atoms with Gasteiger partial charge in [0.1, 0.15) is 11.4 Å². The topological polar surface area (TPSA) is 35.2 Å². The predicted molar refractivity (Wildman–Crippen MR) is 96.5 cm³/mol. The molecule has 0 saturated carbocycles. The van der Waals surface area contributed by atoms with Gasteiger partial charge in [0.2, 0.25) is 0 Å². The predicted octanol–water partition coefficient (Wildman–Crippen LogP) is 4.19. The average molecular weight is 309 g/mol. The van der Waals surface area contributed by atoms with Crippen molar-refractivity contribution in [2.24, 2.45) is 5.73 Å². The van der Waals surface area contributed by atoms with E-state index in [1.54, 1.807) is 0 Å². The van der Waals surface area contributed by atoms with Crippen LogP contribution in [-0.2, 0) is 0 Å². The van der Waals surface area contributed by atoms with Crippen molar-refractivity contribution in [1.82, 2.24) is 0 Å². The Hall–Kier alpha value is -1.97. The molecule has 2 nitrogen and oxygen atoms in total. The molecule has 112 valence electrons. The zero-order chi connectivity index (χ0) is 15.6. The number of thiocarbonyl (C=S) groups is 1. The van der Waals surface area contributed by atoms with Crippen molar-refractivity contribution in [1.29, 1.82) is 0 Å². The zero-order valence-electron chi connectivity index (χ0n) is 12.6. The van der Waals surface area contributed by atoms with Gasteiger partial charge in [0.05, 0.1) is 0 Å². The van der Waals surface area contributed by atoms with Crippen LogP contribution in [0.1, 0.15) is 13.3 Å². The summed E-state index contributed by atoms with van der Waals surface area (Å²) in [5.41, 5.74) is 6.42. The lowest BCUT2D eigenvalue weighted by Crippen LogP contribution is -2.45. The first kappa shape index (κ1) is 14.9. The van der Waals surface area contributed by atoms with Crippen LogP contribution in [0.2, 0.25) is 0 Å². The maximum absolute atomic E-state index is 6.36. The van der Waals surface area contributed by atoms with Crippen LogP contribution in [0.5, 0.6) is 5.75 Å². The summed E-state index contributed by atoms with van der Waals surface area (Å²) in [6.45, 7) is 2.38. The van der Waals surface area contributed by atoms with Gasteiger partial charge >= 0.3 is 0 Å². The molecule has 1 atom stereocenters. The molecule has 3 rings (SSSR count). The number of rotatable bonds is 4. The van der Waals surface area contributed by atoms with Gasteiger partial charge in [-0.3, -0.25) is 0 Å². The first-order valence-electron chi connectivity index (χ1n) is 7.41. The van der Waals surface area contributed by atoms with Crippen molar-refractivity contribution < 1.29 is 4.74 Å². The quantitative estimate of drug-likeness (QED) is 0.860. The summed E-state index contributed by atoms with van der Waals surface area (Å²) in [5.74, 6) is 0.837. The lowest BCUT2D eigenvalue weighted by molar-refractivity contribution is 0.145. The first-order chi connectivity index (χ1) is 10.6. The summed E-state index contributed by atoms with van der Waals surface area (Å²) < 4.78 is 6.36. The second-order valence-electron chi connectivity index (χ2n) is 5.65. The van der Waals surface area contributed by atoms with E-state index in [0.29, 0.717) is 6.54 Å². The molecular weight excluding hydrogens is 290 g/mol. The maximum Gasteiger partial charge on any atom is 0.144 e. The Labute approximate surface area is 136 Å². The minimum Gasteiger partial charge on any atom is -0.481 e. The molecule has 1 aliphatic carbocycles. The summed E-state index contributed by atoms with van der Waals surface area (Å²) in [4.78, 5) is 0.899. The van der Waals surface area contributed by atoms with Crippen LogP contribution in [0.3, 0.4) is 0 Å². The number of ether oxygens (including phenoxy) is 1. The molecule has 0 fully saturated rings. The monoisotopic (exact) mass is 309 g/mol. The van der Waals surface area contributed by atoms with Gasteiger partial charge in [-0.25, -0.2) is 0 Å². The summed E-state index contributed by atoms with van der Waals surface area (Å²) in [7, 11) is 0. The van der Waals surface area contributed by atoms with Crippen LogP contribution < -0.4 is 10.5 Å². The fourth-order valence-electron chi connectivity index (χ4n) is 2.75. The molecule has 0 heterocycles. The molecule has 0 spiro atoms. The molecule has 2 aromatic rings. The molecule has 1 unspecified atom stereocenters. The molecule has 0 radical (unpaired) electrons. The second kappa shape index (κ2) is 6.03. The van der Waals surface area contributed by atoms with Crippen LogP contribution in [0.15, 0.2) is 66.3 Å². The van der Waals surface area contributed by atoms with Gasteiger partial charge in [0.25, 0.3) is 0 Å². The minimum absolute atomic E-state index is 0.371. The highest BCUT2D eigenvalue weighted by Crippen LogP contribution is 2.32. The Morgan fingerprint density at radius 1 is 1.18 bits per heavy atom. The van der Waals surface area contributed by atoms with Crippen molar-refractivity contribution >= 4 is 27.9 Å². The van der Waals surface area contributed by atoms with Crippen LogP contribution in [0, 0.1) is 0 Å². The normalized spacial score (nSPS) is 17.2. The summed E-state index contributed by atoms with van der Waals surface area (Å²) in [6.07, 6.45) is 6.87. The molecule has 3 heteroatoms. The van der Waals surface area contributed by atoms with E-state index in [1.165, 1.54) is 0 Å². The van der Waals surface area contributed by atoms with Crippen molar-refractivity contribution in [3.05, 3.63) is 66.3 Å². The maximum atomic E-state index is 6.36. The molecule has 0 bridgehead atoms. The van der Waals surface area contributed by atoms with Crippen molar-refractivity contribution in [2.45, 2.75) is 18.9 Å². The summed E-state index contributed by atoms with van der Waals surface area (Å²) >= 11 is 5.50. The second-order valence-corrected chi connectivity index (χ2v) is 6.14. The van der Waals surface area contributed by atoms with Crippen molar-refractivity contribution in [3.63, 3.8) is 0 Å². The van der Waals surface area contributed by atoms with E-state index in [2.05, 4.69) is 24.3 Å². The van der Waals surface area contributed by atoms with E-state index in [-0.39, 0.29) is 0 Å². The Balaban J connectivity index is 2.03. The largest absolute Gasteiger partial charge is 0.481 e. The van der Waals surface area contributed by atoms with Gasteiger partial charge in [-0.2, -0.15) is 0 Å². The lowest BCUT2D eigenvalue weighted by Gasteiger charge is -2.33. The van der Waals surface area contributed by atoms with Crippen LogP contribution in [0.25, 0.3) is 10.8 Å². The first-order valence-corrected chi connectivity index (χ1v) is 7.82. The molecule has 2 N–H and O–H groups in total. The molecule has 0 aliphatic heterocycles. The number of nitrogens with two attached hydrogens (primary N) is 1. The highest BCUT2D eigenvalue weighted by atomic mass is 32.1. The molecule has 1 aliphatic rings. The van der Waals surface area contributed by atoms with E-state index in [1.807, 2.05) is 43.3 Å². The van der Waals surface area contributed by atoms with E-state index in [9.17, 15) is 0 Å². The number of allylic oxidation sites excluding steroid dienone is 3. The van der Waals surface area contributed by atoms with Crippen LogP contribution in [0.4, 0.5) is 0 Å². The summed E-state index contributed by atoms with van der Waals surface area (Å²) in [6, 6.07) is 14.3. The Morgan fingerprint density at radius 3 is 2.73 bits per heavy atom. The zero-order valence-corrected chi connectivity index (χ0v) is 13.4. The SMILES string of the molecule is CC(CN)(Oc1cccc2ccccc12)C1=CC=CCC1=S. The molecule has 2 aromatic carbocycles. The lowest BCUT2D eigenvalue weighted by atomic mass is 9.88. The summed E-state index contributed by atoms with van der Waals surface area (Å²) in [5, 5.41) is 2.24. The smallest absolute Gasteiger partial charge is 0.144 e. The number of benzene rings is 2. The Kier molecular flexibility index (Phi) is 4.10. The van der Waals surface area contributed by atoms with Gasteiger partial charge in [0, 0.05) is 28.8 Å². The fourth-order valence-corrected chi connectivity index (χ4v) is 3.13. The van der Waals surface area contributed by atoms with E-state index in [0.717, 1.165) is 33.4 Å². The third kappa shape index (κ3) is 2.70. The molecule has 0 saturated heterocycles. The number of hydrogen-bond acceptors (Lipinski definition) is 3. The third-order valence-corrected chi connectivity index (χ3v) is 4.43. The molecule has 0 aromatic heterocycles. The number of fused-ring (bicyclic) bond motifs is 1. The van der Waals surface area contributed by atoms with Crippen molar-refractivity contribution in [3.8, 4) is 5.75 Å². The standard InChI is InChI=1S/C19H19NOS/c1-19(13-20,16-10-4-5-12-18(16)22)21-17-11-6-8-14-7-2-3-9-15(14)17/h2-11H,12-13,20H2,1H3. The van der Waals surface area contributed by atoms with Gasteiger partial charge < -0.3 is 10.5 Å². The number of hydrogen-bond donors (Lipinski definition) is 1. The molecular formula is C19H19NOS. The van der Waals surface area contributed by atoms with E-state index >= 15 is 0 Å². The van der Waals surface area contributed by atoms with Crippen LogP contribution >= 0.6 is 12.2 Å².